The van der Waals surface area contributed by atoms with Crippen LogP contribution in [0.2, 0.25) is 0 Å². The maximum absolute atomic E-state index is 15.8. The molecule has 2 amide bonds. The Morgan fingerprint density at radius 1 is 1.10 bits per heavy atom. The Balaban J connectivity index is 1.12. The van der Waals surface area contributed by atoms with Gasteiger partial charge in [0.25, 0.3) is 5.91 Å². The van der Waals surface area contributed by atoms with Crippen LogP contribution in [0.4, 0.5) is 23.1 Å². The van der Waals surface area contributed by atoms with E-state index in [1.165, 1.54) is 34.7 Å². The molecule has 14 heteroatoms. The summed E-state index contributed by atoms with van der Waals surface area (Å²) in [5.74, 6) is -1.72. The Kier molecular flexibility index (Phi) is 8.64. The second-order valence-electron chi connectivity index (χ2n) is 13.8. The van der Waals surface area contributed by atoms with E-state index in [-0.39, 0.29) is 42.6 Å². The van der Waals surface area contributed by atoms with Crippen LogP contribution in [0, 0.1) is 11.6 Å². The minimum Gasteiger partial charge on any atom is -0.444 e. The minimum absolute atomic E-state index is 0.0771. The Morgan fingerprint density at radius 2 is 1.86 bits per heavy atom. The molecule has 0 aliphatic carbocycles. The molecule has 49 heavy (non-hydrogen) atoms. The van der Waals surface area contributed by atoms with Gasteiger partial charge in [-0.2, -0.15) is 0 Å². The van der Waals surface area contributed by atoms with Gasteiger partial charge in [-0.15, -0.1) is 11.3 Å². The highest BCUT2D eigenvalue weighted by Gasteiger charge is 2.43. The van der Waals surface area contributed by atoms with Crippen LogP contribution in [0.25, 0.3) is 11.1 Å². The SMILES string of the molecule is CC(C)(C)OC(=O)N1CCC(c2ccc(-c3cc(F)c4c(c3)C(=O)N(C(c3ncn5c3C[C@@H](F)C5)C(O)Nc3nccs3)C4)cc2F)CC1. The van der Waals surface area contributed by atoms with E-state index in [0.717, 1.165) is 0 Å². The number of carbonyl (C=O) groups excluding carboxylic acids is 2. The number of thiazole rings is 1. The predicted octanol–water partition coefficient (Wildman–Crippen LogP) is 6.42. The number of aromatic nitrogens is 3. The lowest BCUT2D eigenvalue weighted by molar-refractivity contribution is 0.0204. The number of ether oxygens (including phenoxy) is 1. The molecule has 3 atom stereocenters. The lowest BCUT2D eigenvalue weighted by Crippen LogP contribution is -2.41. The normalized spacial score (nSPS) is 19.2. The fourth-order valence-electron chi connectivity index (χ4n) is 7.02. The number of nitrogens with zero attached hydrogens (tertiary/aromatic N) is 5. The summed E-state index contributed by atoms with van der Waals surface area (Å²) < 4.78 is 52.9. The topological polar surface area (TPSA) is 113 Å². The number of likely N-dealkylation sites (tertiary alicyclic amines) is 1. The standard InChI is InChI=1S/C35H37F3N6O4S/c1-35(2,3)48-34(47)42-9-6-19(7-10-42)23-5-4-20(13-26(23)37)21-12-24-25(27(38)14-21)17-44(32(24)46)30(31(45)41-33-39-8-11-49-33)29-28-15-22(36)16-43(28)18-40-29/h4-5,8,11-14,18-19,22,30-31,45H,6-7,9-10,15-17H2,1-3H3,(H,39,41)/t22-,30?,31?/m1/s1. The van der Waals surface area contributed by atoms with Gasteiger partial charge in [0.15, 0.2) is 11.4 Å². The predicted molar refractivity (Wildman–Crippen MR) is 177 cm³/mol. The summed E-state index contributed by atoms with van der Waals surface area (Å²) >= 11 is 1.26. The first kappa shape index (κ1) is 33.1. The van der Waals surface area contributed by atoms with Gasteiger partial charge in [0.2, 0.25) is 0 Å². The van der Waals surface area contributed by atoms with Crippen molar-refractivity contribution in [2.45, 2.75) is 83.1 Å². The van der Waals surface area contributed by atoms with Crippen LogP contribution in [-0.4, -0.2) is 72.5 Å². The fraction of sp³-hybridized carbons (Fsp3) is 0.429. The lowest BCUT2D eigenvalue weighted by Gasteiger charge is -2.33. The molecule has 2 unspecified atom stereocenters. The molecular weight excluding hydrogens is 657 g/mol. The first-order valence-corrected chi connectivity index (χ1v) is 17.2. The van der Waals surface area contributed by atoms with Crippen LogP contribution in [0.3, 0.4) is 0 Å². The zero-order chi connectivity index (χ0) is 34.6. The van der Waals surface area contributed by atoms with Crippen molar-refractivity contribution in [3.8, 4) is 11.1 Å². The Bertz CT molecular complexity index is 1890. The largest absolute Gasteiger partial charge is 0.444 e. The fourth-order valence-corrected chi connectivity index (χ4v) is 7.58. The van der Waals surface area contributed by atoms with E-state index in [0.29, 0.717) is 59.1 Å². The van der Waals surface area contributed by atoms with E-state index in [1.807, 2.05) is 20.8 Å². The number of piperidine rings is 1. The monoisotopic (exact) mass is 694 g/mol. The summed E-state index contributed by atoms with van der Waals surface area (Å²) in [4.78, 5) is 38.1. The van der Waals surface area contributed by atoms with E-state index in [9.17, 15) is 19.1 Å². The molecule has 4 aromatic rings. The van der Waals surface area contributed by atoms with Gasteiger partial charge in [0.05, 0.1) is 25.1 Å². The van der Waals surface area contributed by atoms with Crippen molar-refractivity contribution in [1.29, 1.82) is 0 Å². The molecule has 0 bridgehead atoms. The zero-order valence-electron chi connectivity index (χ0n) is 27.3. The van der Waals surface area contributed by atoms with Crippen molar-refractivity contribution >= 4 is 28.5 Å². The van der Waals surface area contributed by atoms with Crippen LogP contribution in [-0.2, 0) is 24.2 Å². The number of rotatable bonds is 7. The molecule has 0 radical (unpaired) electrons. The van der Waals surface area contributed by atoms with Gasteiger partial charge in [-0.05, 0) is 74.4 Å². The second-order valence-corrected chi connectivity index (χ2v) is 14.7. The summed E-state index contributed by atoms with van der Waals surface area (Å²) in [6.07, 6.45) is 1.39. The van der Waals surface area contributed by atoms with Gasteiger partial charge in [0, 0.05) is 47.9 Å². The van der Waals surface area contributed by atoms with Crippen LogP contribution in [0.1, 0.15) is 78.4 Å². The zero-order valence-corrected chi connectivity index (χ0v) is 28.1. The molecule has 2 N–H and O–H groups in total. The molecular formula is C35H37F3N6O4S. The second kappa shape index (κ2) is 12.8. The summed E-state index contributed by atoms with van der Waals surface area (Å²) in [5, 5.41) is 16.5. The lowest BCUT2D eigenvalue weighted by atomic mass is 9.88. The first-order chi connectivity index (χ1) is 23.4. The quantitative estimate of drug-likeness (QED) is 0.215. The number of anilines is 1. The van der Waals surface area contributed by atoms with Crippen molar-refractivity contribution < 1.29 is 32.6 Å². The highest BCUT2D eigenvalue weighted by atomic mass is 32.1. The molecule has 2 aromatic carbocycles. The highest BCUT2D eigenvalue weighted by Crippen LogP contribution is 2.40. The molecule has 0 saturated carbocycles. The van der Waals surface area contributed by atoms with Gasteiger partial charge < -0.3 is 29.5 Å². The third-order valence-corrected chi connectivity index (χ3v) is 10.0. The number of hydrogen-bond acceptors (Lipinski definition) is 8. The smallest absolute Gasteiger partial charge is 0.410 e. The number of fused-ring (bicyclic) bond motifs is 2. The Morgan fingerprint density at radius 3 is 2.55 bits per heavy atom. The molecule has 7 rings (SSSR count). The Labute approximate surface area is 285 Å². The number of amides is 2. The van der Waals surface area contributed by atoms with Gasteiger partial charge in [-0.1, -0.05) is 12.1 Å². The summed E-state index contributed by atoms with van der Waals surface area (Å²) in [5.41, 5.74) is 1.79. The van der Waals surface area contributed by atoms with Gasteiger partial charge in [-0.25, -0.2) is 27.9 Å². The molecule has 2 aromatic heterocycles. The molecule has 10 nitrogen and oxygen atoms in total. The van der Waals surface area contributed by atoms with Crippen molar-refractivity contribution in [1.82, 2.24) is 24.3 Å². The van der Waals surface area contributed by atoms with Gasteiger partial charge >= 0.3 is 6.09 Å². The van der Waals surface area contributed by atoms with Crippen molar-refractivity contribution in [3.05, 3.63) is 87.9 Å². The number of aliphatic hydroxyl groups excluding tert-OH is 1. The van der Waals surface area contributed by atoms with Crippen LogP contribution in [0.15, 0.2) is 48.2 Å². The number of imidazole rings is 1. The van der Waals surface area contributed by atoms with E-state index in [2.05, 4.69) is 15.3 Å². The number of hydrogen-bond donors (Lipinski definition) is 2. The number of halogens is 3. The van der Waals surface area contributed by atoms with Crippen molar-refractivity contribution in [2.75, 3.05) is 18.4 Å². The van der Waals surface area contributed by atoms with E-state index < -0.39 is 41.6 Å². The summed E-state index contributed by atoms with van der Waals surface area (Å²) in [6, 6.07) is 6.49. The van der Waals surface area contributed by atoms with Crippen LogP contribution in [0.5, 0.6) is 0 Å². The van der Waals surface area contributed by atoms with Crippen LogP contribution < -0.4 is 5.32 Å². The van der Waals surface area contributed by atoms with Crippen LogP contribution >= 0.6 is 11.3 Å². The number of nitrogens with one attached hydrogen (secondary N) is 1. The minimum atomic E-state index is -1.39. The van der Waals surface area contributed by atoms with E-state index in [4.69, 9.17) is 4.74 Å². The molecule has 3 aliphatic rings. The molecule has 3 aliphatic heterocycles. The first-order valence-electron chi connectivity index (χ1n) is 16.3. The highest BCUT2D eigenvalue weighted by molar-refractivity contribution is 7.13. The Hall–Kier alpha value is -4.43. The van der Waals surface area contributed by atoms with Crippen molar-refractivity contribution in [2.24, 2.45) is 0 Å². The third-order valence-electron chi connectivity index (χ3n) is 9.34. The summed E-state index contributed by atoms with van der Waals surface area (Å²) in [6.45, 7) is 6.30. The van der Waals surface area contributed by atoms with E-state index in [1.54, 1.807) is 39.2 Å². The van der Waals surface area contributed by atoms with Gasteiger partial charge in [0.1, 0.15) is 29.4 Å². The number of carbonyl (C=O) groups is 2. The molecule has 258 valence electrons. The van der Waals surface area contributed by atoms with Crippen molar-refractivity contribution in [3.63, 3.8) is 0 Å². The van der Waals surface area contributed by atoms with Gasteiger partial charge in [-0.3, -0.25) is 4.79 Å². The maximum atomic E-state index is 15.8. The molecule has 5 heterocycles. The third kappa shape index (κ3) is 6.51. The summed E-state index contributed by atoms with van der Waals surface area (Å²) in [7, 11) is 0. The molecule has 1 fully saturated rings. The molecule has 0 spiro atoms. The average Bonchev–Trinajstić information content (AvgIpc) is 3.84. The van der Waals surface area contributed by atoms with E-state index >= 15 is 8.78 Å². The number of benzene rings is 2. The number of aliphatic hydroxyl groups is 1. The maximum Gasteiger partial charge on any atom is 0.410 e. The average molecular weight is 695 g/mol. The molecule has 1 saturated heterocycles. The number of alkyl halides is 1.